The average Bonchev–Trinajstić information content (AvgIpc) is 1.38. The lowest BCUT2D eigenvalue weighted by Crippen LogP contribution is -1.89. The molecule has 0 aromatic heterocycles. The molecule has 38 valence electrons. The van der Waals surface area contributed by atoms with Gasteiger partial charge < -0.3 is 11.3 Å². The van der Waals surface area contributed by atoms with Crippen LogP contribution in [0.1, 0.15) is 0 Å². The summed E-state index contributed by atoms with van der Waals surface area (Å²) in [5.41, 5.74) is 0. The number of rotatable bonds is 1. The van der Waals surface area contributed by atoms with Crippen LogP contribution in [0.2, 0.25) is 0 Å². The Morgan fingerprint density at radius 1 is 1.83 bits per heavy atom. The second kappa shape index (κ2) is 4.94. The molecule has 0 aliphatic carbocycles. The van der Waals surface area contributed by atoms with Crippen LogP contribution in [0.5, 0.6) is 0 Å². The van der Waals surface area contributed by atoms with Crippen LogP contribution in [0, 0.1) is 0 Å². The molecule has 0 unspecified atom stereocenters. The van der Waals surface area contributed by atoms with Gasteiger partial charge in [-0.25, -0.2) is 0 Å². The number of aliphatic hydroxyl groups excluding tert-OH is 1. The first kappa shape index (κ1) is 9.34. The molecule has 0 aliphatic heterocycles. The Morgan fingerprint density at radius 3 is 2.00 bits per heavy atom. The number of hydrogen-bond donors (Lipinski definition) is 3. The standard InChI is InChI=1S/C2H4O2S.H3N/c3-1-2(4)5;/h3H,1H2,(H,4,5);1H3. The van der Waals surface area contributed by atoms with Crippen LogP contribution in [0.15, 0.2) is 0 Å². The van der Waals surface area contributed by atoms with Crippen LogP contribution in [-0.4, -0.2) is 16.8 Å². The zero-order valence-corrected chi connectivity index (χ0v) is 4.11. The SMILES string of the molecule is N.O=C(S)CO. The summed E-state index contributed by atoms with van der Waals surface area (Å²) in [6, 6.07) is 0. The number of hydrogen-bond acceptors (Lipinski definition) is 3. The maximum atomic E-state index is 9.43. The second-order valence-electron chi connectivity index (χ2n) is 0.552. The van der Waals surface area contributed by atoms with Gasteiger partial charge in [0.2, 0.25) is 5.12 Å². The predicted octanol–water partition coefficient (Wildman–Crippen LogP) is -0.403. The fraction of sp³-hybridized carbons (Fsp3) is 0.500. The van der Waals surface area contributed by atoms with Crippen LogP contribution in [0.4, 0.5) is 0 Å². The molecule has 4 N–H and O–H groups in total. The first-order chi connectivity index (χ1) is 2.27. The molecule has 0 rings (SSSR count). The van der Waals surface area contributed by atoms with E-state index < -0.39 is 11.7 Å². The Labute approximate surface area is 41.4 Å². The van der Waals surface area contributed by atoms with E-state index in [9.17, 15) is 4.79 Å². The quantitative estimate of drug-likeness (QED) is 0.401. The zero-order chi connectivity index (χ0) is 4.28. The third-order valence-electron chi connectivity index (χ3n) is 0.135. The van der Waals surface area contributed by atoms with E-state index in [0.717, 1.165) is 0 Å². The summed E-state index contributed by atoms with van der Waals surface area (Å²) in [4.78, 5) is 9.43. The van der Waals surface area contributed by atoms with Gasteiger partial charge in [-0.2, -0.15) is 0 Å². The van der Waals surface area contributed by atoms with E-state index >= 15 is 0 Å². The molecule has 0 heterocycles. The van der Waals surface area contributed by atoms with E-state index in [1.165, 1.54) is 0 Å². The molecule has 0 amide bonds. The van der Waals surface area contributed by atoms with Gasteiger partial charge in [-0.15, -0.1) is 12.6 Å². The first-order valence-electron chi connectivity index (χ1n) is 1.10. The highest BCUT2D eigenvalue weighted by Gasteiger charge is 1.80. The third kappa shape index (κ3) is 9.05. The third-order valence-corrected chi connectivity index (χ3v) is 0.277. The molecule has 0 atom stereocenters. The van der Waals surface area contributed by atoms with Gasteiger partial charge >= 0.3 is 0 Å². The van der Waals surface area contributed by atoms with Crippen molar-refractivity contribution in [3.63, 3.8) is 0 Å². The highest BCUT2D eigenvalue weighted by atomic mass is 32.1. The fourth-order valence-corrected chi connectivity index (χ4v) is 0. The maximum absolute atomic E-state index is 9.43. The zero-order valence-electron chi connectivity index (χ0n) is 3.22. The summed E-state index contributed by atoms with van der Waals surface area (Å²) in [5.74, 6) is 0. The minimum atomic E-state index is -0.495. The number of carbonyl (C=O) groups is 1. The molecule has 0 aromatic rings. The number of aliphatic hydroxyl groups is 1. The molecule has 0 spiro atoms. The van der Waals surface area contributed by atoms with Gasteiger partial charge in [0.15, 0.2) is 0 Å². The van der Waals surface area contributed by atoms with Crippen LogP contribution in [0.3, 0.4) is 0 Å². The van der Waals surface area contributed by atoms with Gasteiger partial charge in [-0.1, -0.05) is 0 Å². The molecule has 0 bridgehead atoms. The van der Waals surface area contributed by atoms with Crippen molar-refractivity contribution in [2.45, 2.75) is 0 Å². The van der Waals surface area contributed by atoms with Gasteiger partial charge in [0.05, 0.1) is 0 Å². The van der Waals surface area contributed by atoms with Gasteiger partial charge in [0, 0.05) is 0 Å². The smallest absolute Gasteiger partial charge is 0.211 e. The van der Waals surface area contributed by atoms with E-state index in [4.69, 9.17) is 5.11 Å². The van der Waals surface area contributed by atoms with Crippen molar-refractivity contribution < 1.29 is 9.90 Å². The summed E-state index contributed by atoms with van der Waals surface area (Å²) in [6.45, 7) is -0.469. The lowest BCUT2D eigenvalue weighted by molar-refractivity contribution is -0.113. The van der Waals surface area contributed by atoms with Gasteiger partial charge in [0.25, 0.3) is 0 Å². The maximum Gasteiger partial charge on any atom is 0.211 e. The van der Waals surface area contributed by atoms with Crippen LogP contribution in [-0.2, 0) is 4.79 Å². The largest absolute Gasteiger partial charge is 0.388 e. The summed E-state index contributed by atoms with van der Waals surface area (Å²) in [5, 5.41) is 7.22. The topological polar surface area (TPSA) is 72.3 Å². The Kier molecular flexibility index (Phi) is 7.69. The van der Waals surface area contributed by atoms with E-state index in [-0.39, 0.29) is 6.15 Å². The summed E-state index contributed by atoms with van der Waals surface area (Å²) >= 11 is 3.21. The average molecular weight is 109 g/mol. The van der Waals surface area contributed by atoms with Crippen molar-refractivity contribution in [2.24, 2.45) is 0 Å². The molecule has 3 nitrogen and oxygen atoms in total. The summed E-state index contributed by atoms with van der Waals surface area (Å²) < 4.78 is 0. The van der Waals surface area contributed by atoms with Gasteiger partial charge in [0.1, 0.15) is 6.61 Å². The van der Waals surface area contributed by atoms with Gasteiger partial charge in [-0.3, -0.25) is 4.79 Å². The van der Waals surface area contributed by atoms with Crippen molar-refractivity contribution in [1.29, 1.82) is 0 Å². The minimum absolute atomic E-state index is 0. The number of carbonyl (C=O) groups excluding carboxylic acids is 1. The molecule has 0 saturated carbocycles. The molecule has 0 aromatic carbocycles. The van der Waals surface area contributed by atoms with E-state index in [2.05, 4.69) is 12.6 Å². The van der Waals surface area contributed by atoms with Crippen molar-refractivity contribution in [2.75, 3.05) is 6.61 Å². The summed E-state index contributed by atoms with van der Waals surface area (Å²) in [7, 11) is 0. The Hall–Kier alpha value is -0.0600. The van der Waals surface area contributed by atoms with Crippen molar-refractivity contribution in [3.05, 3.63) is 0 Å². The first-order valence-corrected chi connectivity index (χ1v) is 1.54. The fourth-order valence-electron chi connectivity index (χ4n) is 0. The molecule has 0 fully saturated rings. The van der Waals surface area contributed by atoms with Crippen molar-refractivity contribution in [3.8, 4) is 0 Å². The van der Waals surface area contributed by atoms with Crippen LogP contribution < -0.4 is 6.15 Å². The minimum Gasteiger partial charge on any atom is -0.388 e. The van der Waals surface area contributed by atoms with Crippen molar-refractivity contribution in [1.82, 2.24) is 6.15 Å². The summed E-state index contributed by atoms with van der Waals surface area (Å²) in [6.07, 6.45) is 0. The molecule has 0 saturated heterocycles. The lowest BCUT2D eigenvalue weighted by Gasteiger charge is -1.71. The van der Waals surface area contributed by atoms with Crippen LogP contribution in [0.25, 0.3) is 0 Å². The molecule has 4 heteroatoms. The lowest BCUT2D eigenvalue weighted by atomic mass is 10.8. The Bertz CT molecular complexity index is 46.8. The molecular weight excluding hydrogens is 102 g/mol. The molecular formula is C2H7NO2S. The Morgan fingerprint density at radius 2 is 2.00 bits per heavy atom. The monoisotopic (exact) mass is 109 g/mol. The Balaban J connectivity index is 0. The van der Waals surface area contributed by atoms with Crippen LogP contribution >= 0.6 is 12.6 Å². The van der Waals surface area contributed by atoms with Gasteiger partial charge in [-0.05, 0) is 0 Å². The highest BCUT2D eigenvalue weighted by molar-refractivity contribution is 7.96. The second-order valence-corrected chi connectivity index (χ2v) is 1.05. The van der Waals surface area contributed by atoms with Crippen molar-refractivity contribution >= 4 is 17.7 Å². The molecule has 0 aliphatic rings. The highest BCUT2D eigenvalue weighted by Crippen LogP contribution is 1.69. The molecule has 0 radical (unpaired) electrons. The van der Waals surface area contributed by atoms with E-state index in [1.807, 2.05) is 0 Å². The number of thiol groups is 1. The molecule has 6 heavy (non-hydrogen) atoms. The predicted molar refractivity (Wildman–Crippen MR) is 26.1 cm³/mol. The normalized spacial score (nSPS) is 6.33. The van der Waals surface area contributed by atoms with E-state index in [0.29, 0.717) is 0 Å². The van der Waals surface area contributed by atoms with E-state index in [1.54, 1.807) is 0 Å².